The number of anilines is 1. The molecule has 0 spiro atoms. The van der Waals surface area contributed by atoms with Crippen molar-refractivity contribution < 1.29 is 19.2 Å². The fourth-order valence-electron chi connectivity index (χ4n) is 1.91. The Labute approximate surface area is 158 Å². The number of nitrogens with zero attached hydrogens (tertiary/aromatic N) is 1. The van der Waals surface area contributed by atoms with Crippen LogP contribution < -0.4 is 5.32 Å². The lowest BCUT2D eigenvalue weighted by Crippen LogP contribution is -2.22. The number of carbonyl (C=O) groups excluding carboxylic acids is 2. The topological polar surface area (TPSA) is 98.5 Å². The van der Waals surface area contributed by atoms with E-state index in [2.05, 4.69) is 5.32 Å². The number of nitro groups is 1. The second kappa shape index (κ2) is 9.21. The normalized spacial score (nSPS) is 10.2. The minimum Gasteiger partial charge on any atom is -0.455 e. The van der Waals surface area contributed by atoms with Gasteiger partial charge in [0, 0.05) is 22.1 Å². The maximum atomic E-state index is 11.9. The van der Waals surface area contributed by atoms with Gasteiger partial charge in [0.1, 0.15) is 0 Å². The lowest BCUT2D eigenvalue weighted by atomic mass is 10.2. The van der Waals surface area contributed by atoms with Gasteiger partial charge < -0.3 is 10.1 Å². The summed E-state index contributed by atoms with van der Waals surface area (Å²) in [6.07, 6.45) is 0. The summed E-state index contributed by atoms with van der Waals surface area (Å²) in [4.78, 5) is 34.7. The average Bonchev–Trinajstić information content (AvgIpc) is 2.61. The molecule has 9 heteroatoms. The lowest BCUT2D eigenvalue weighted by Gasteiger charge is -2.09. The smallest absolute Gasteiger partial charge is 0.316 e. The lowest BCUT2D eigenvalue weighted by molar-refractivity contribution is -0.384. The van der Waals surface area contributed by atoms with Crippen LogP contribution in [0.25, 0.3) is 0 Å². The van der Waals surface area contributed by atoms with E-state index in [0.717, 1.165) is 4.90 Å². The number of ether oxygens (including phenoxy) is 1. The van der Waals surface area contributed by atoms with Crippen molar-refractivity contribution in [2.75, 3.05) is 17.7 Å². The third-order valence-electron chi connectivity index (χ3n) is 3.24. The highest BCUT2D eigenvalue weighted by molar-refractivity contribution is 8.00. The molecule has 0 unspecified atom stereocenters. The van der Waals surface area contributed by atoms with Crippen LogP contribution in [0.3, 0.4) is 0 Å². The first-order valence-corrected chi connectivity index (χ1v) is 8.80. The monoisotopic (exact) mass is 394 g/mol. The number of thioether (sulfide) groups is 1. The fraction of sp³-hybridized carbons (Fsp3) is 0.176. The summed E-state index contributed by atoms with van der Waals surface area (Å²) in [5.41, 5.74) is 0.826. The quantitative estimate of drug-likeness (QED) is 0.331. The zero-order valence-electron chi connectivity index (χ0n) is 13.7. The van der Waals surface area contributed by atoms with Crippen LogP contribution in [0.2, 0.25) is 5.02 Å². The van der Waals surface area contributed by atoms with Gasteiger partial charge in [-0.1, -0.05) is 17.7 Å². The number of halogens is 1. The minimum absolute atomic E-state index is 0.0464. The second-order valence-corrected chi connectivity index (χ2v) is 6.69. The van der Waals surface area contributed by atoms with Crippen molar-refractivity contribution in [2.45, 2.75) is 11.8 Å². The van der Waals surface area contributed by atoms with Crippen LogP contribution in [0.15, 0.2) is 47.4 Å². The van der Waals surface area contributed by atoms with E-state index in [1.54, 1.807) is 31.2 Å². The Bertz CT molecular complexity index is 826. The molecule has 1 N–H and O–H groups in total. The number of benzene rings is 2. The third-order valence-corrected chi connectivity index (χ3v) is 4.48. The molecule has 1 amide bonds. The molecule has 0 aromatic heterocycles. The summed E-state index contributed by atoms with van der Waals surface area (Å²) in [7, 11) is 0. The van der Waals surface area contributed by atoms with Gasteiger partial charge in [-0.2, -0.15) is 0 Å². The van der Waals surface area contributed by atoms with E-state index >= 15 is 0 Å². The minimum atomic E-state index is -0.571. The summed E-state index contributed by atoms with van der Waals surface area (Å²) in [6, 6.07) is 11.1. The van der Waals surface area contributed by atoms with Crippen LogP contribution in [0.4, 0.5) is 11.4 Å². The summed E-state index contributed by atoms with van der Waals surface area (Å²) < 4.78 is 4.91. The number of esters is 1. The Balaban J connectivity index is 1.81. The first-order valence-electron chi connectivity index (χ1n) is 7.44. The van der Waals surface area contributed by atoms with E-state index in [1.165, 1.54) is 30.0 Å². The van der Waals surface area contributed by atoms with Crippen molar-refractivity contribution in [3.8, 4) is 0 Å². The molecule has 0 saturated heterocycles. The van der Waals surface area contributed by atoms with Gasteiger partial charge in [0.05, 0.1) is 16.4 Å². The van der Waals surface area contributed by atoms with Crippen LogP contribution in [0, 0.1) is 17.0 Å². The van der Waals surface area contributed by atoms with Gasteiger partial charge in [-0.3, -0.25) is 19.7 Å². The molecule has 0 bridgehead atoms. The highest BCUT2D eigenvalue weighted by Crippen LogP contribution is 2.22. The summed E-state index contributed by atoms with van der Waals surface area (Å²) in [5, 5.41) is 13.9. The van der Waals surface area contributed by atoms with Crippen molar-refractivity contribution in [1.29, 1.82) is 0 Å². The molecule has 0 aliphatic carbocycles. The number of nitro benzene ring substituents is 1. The molecule has 0 saturated carbocycles. The molecule has 2 rings (SSSR count). The highest BCUT2D eigenvalue weighted by atomic mass is 35.5. The molecule has 26 heavy (non-hydrogen) atoms. The number of non-ortho nitro benzene ring substituents is 1. The fourth-order valence-corrected chi connectivity index (χ4v) is 2.73. The standard InChI is InChI=1S/C17H15ClN2O5S/c1-11-2-5-13(20(23)24)8-15(11)19-16(21)9-25-17(22)10-26-14-6-3-12(18)4-7-14/h2-8H,9-10H2,1H3,(H,19,21). The van der Waals surface area contributed by atoms with Crippen molar-refractivity contribution >= 4 is 46.6 Å². The van der Waals surface area contributed by atoms with E-state index in [4.69, 9.17) is 16.3 Å². The molecular formula is C17H15ClN2O5S. The number of hydrogen-bond donors (Lipinski definition) is 1. The van der Waals surface area contributed by atoms with Gasteiger partial charge >= 0.3 is 5.97 Å². The van der Waals surface area contributed by atoms with Gasteiger partial charge in [-0.05, 0) is 36.8 Å². The molecule has 0 atom stereocenters. The van der Waals surface area contributed by atoms with Crippen LogP contribution in [0.1, 0.15) is 5.56 Å². The van der Waals surface area contributed by atoms with Crippen molar-refractivity contribution in [1.82, 2.24) is 0 Å². The highest BCUT2D eigenvalue weighted by Gasteiger charge is 2.13. The first-order chi connectivity index (χ1) is 12.3. The van der Waals surface area contributed by atoms with Crippen LogP contribution in [0.5, 0.6) is 0 Å². The molecule has 0 heterocycles. The van der Waals surface area contributed by atoms with E-state index in [9.17, 15) is 19.7 Å². The Morgan fingerprint density at radius 1 is 1.23 bits per heavy atom. The molecule has 0 fully saturated rings. The predicted molar refractivity (Wildman–Crippen MR) is 99.6 cm³/mol. The molecule has 136 valence electrons. The summed E-state index contributed by atoms with van der Waals surface area (Å²) >= 11 is 7.04. The maximum Gasteiger partial charge on any atom is 0.316 e. The van der Waals surface area contributed by atoms with Gasteiger partial charge in [0.2, 0.25) is 0 Å². The van der Waals surface area contributed by atoms with Crippen LogP contribution >= 0.6 is 23.4 Å². The Morgan fingerprint density at radius 2 is 1.92 bits per heavy atom. The maximum absolute atomic E-state index is 11.9. The average molecular weight is 395 g/mol. The number of rotatable bonds is 7. The van der Waals surface area contributed by atoms with Gasteiger partial charge in [0.25, 0.3) is 11.6 Å². The van der Waals surface area contributed by atoms with Gasteiger partial charge in [-0.15, -0.1) is 11.8 Å². The van der Waals surface area contributed by atoms with E-state index in [-0.39, 0.29) is 11.4 Å². The third kappa shape index (κ3) is 6.05. The number of carbonyl (C=O) groups is 2. The van der Waals surface area contributed by atoms with Crippen molar-refractivity contribution in [3.05, 3.63) is 63.2 Å². The van der Waals surface area contributed by atoms with Crippen molar-refractivity contribution in [2.24, 2.45) is 0 Å². The first kappa shape index (κ1) is 19.7. The molecule has 2 aromatic rings. The van der Waals surface area contributed by atoms with E-state index in [0.29, 0.717) is 16.3 Å². The molecule has 0 aliphatic heterocycles. The number of nitrogens with one attached hydrogen (secondary N) is 1. The second-order valence-electron chi connectivity index (χ2n) is 5.21. The molecule has 0 radical (unpaired) electrons. The Kier molecular flexibility index (Phi) is 6.99. The summed E-state index contributed by atoms with van der Waals surface area (Å²) in [5.74, 6) is -1.07. The molecular weight excluding hydrogens is 380 g/mol. The molecule has 7 nitrogen and oxygen atoms in total. The zero-order chi connectivity index (χ0) is 19.1. The Morgan fingerprint density at radius 3 is 2.58 bits per heavy atom. The van der Waals surface area contributed by atoms with Gasteiger partial charge in [0.15, 0.2) is 6.61 Å². The van der Waals surface area contributed by atoms with Crippen LogP contribution in [-0.4, -0.2) is 29.2 Å². The SMILES string of the molecule is Cc1ccc([N+](=O)[O-])cc1NC(=O)COC(=O)CSc1ccc(Cl)cc1. The van der Waals surface area contributed by atoms with E-state index < -0.39 is 23.4 Å². The summed E-state index contributed by atoms with van der Waals surface area (Å²) in [6.45, 7) is 1.23. The molecule has 0 aliphatic rings. The Hall–Kier alpha value is -2.58. The number of amides is 1. The van der Waals surface area contributed by atoms with Gasteiger partial charge in [-0.25, -0.2) is 0 Å². The van der Waals surface area contributed by atoms with Crippen molar-refractivity contribution in [3.63, 3.8) is 0 Å². The van der Waals surface area contributed by atoms with E-state index in [1.807, 2.05) is 0 Å². The van der Waals surface area contributed by atoms with Crippen LogP contribution in [-0.2, 0) is 14.3 Å². The zero-order valence-corrected chi connectivity index (χ0v) is 15.3. The number of hydrogen-bond acceptors (Lipinski definition) is 6. The molecule has 2 aromatic carbocycles. The largest absolute Gasteiger partial charge is 0.455 e. The number of aryl methyl sites for hydroxylation is 1. The predicted octanol–water partition coefficient (Wildman–Crippen LogP) is 3.83.